The number of carbonyl (C=O) groups is 1. The zero-order valence-electron chi connectivity index (χ0n) is 13.1. The standard InChI is InChI=1S/C15H19N3O3S2.ClH/c1-11(19)17-9-13-7-8-15(22-13)23(20,21)18-10-14(16)12-5-3-2-4-6-12;/h2-8,14,18H,9-10,16H2,1H3,(H,17,19);1H. The predicted octanol–water partition coefficient (Wildman–Crippen LogP) is 1.78. The minimum absolute atomic E-state index is 0. The molecule has 4 N–H and O–H groups in total. The first-order valence-corrected chi connectivity index (χ1v) is 9.32. The number of hydrogen-bond acceptors (Lipinski definition) is 5. The number of carbonyl (C=O) groups excluding carboxylic acids is 1. The molecule has 0 fully saturated rings. The average Bonchev–Trinajstić information content (AvgIpc) is 3.01. The maximum absolute atomic E-state index is 12.3. The van der Waals surface area contributed by atoms with E-state index < -0.39 is 16.1 Å². The molecule has 0 saturated heterocycles. The van der Waals surface area contributed by atoms with Gasteiger partial charge >= 0.3 is 0 Å². The van der Waals surface area contributed by atoms with E-state index in [1.165, 1.54) is 13.0 Å². The largest absolute Gasteiger partial charge is 0.351 e. The smallest absolute Gasteiger partial charge is 0.250 e. The first kappa shape index (κ1) is 20.6. The Hall–Kier alpha value is -1.45. The number of benzene rings is 1. The van der Waals surface area contributed by atoms with Gasteiger partial charge in [0, 0.05) is 24.4 Å². The molecule has 1 unspecified atom stereocenters. The summed E-state index contributed by atoms with van der Waals surface area (Å²) < 4.78 is 27.3. The van der Waals surface area contributed by atoms with Crippen molar-refractivity contribution in [3.05, 3.63) is 52.9 Å². The molecule has 0 aliphatic rings. The maximum Gasteiger partial charge on any atom is 0.250 e. The molecule has 0 aliphatic carbocycles. The van der Waals surface area contributed by atoms with Crippen LogP contribution in [0.5, 0.6) is 0 Å². The topological polar surface area (TPSA) is 101 Å². The van der Waals surface area contributed by atoms with Gasteiger partial charge in [0.25, 0.3) is 0 Å². The molecule has 24 heavy (non-hydrogen) atoms. The molecular formula is C15H20ClN3O3S2. The number of amides is 1. The van der Waals surface area contributed by atoms with Crippen molar-refractivity contribution in [2.24, 2.45) is 5.73 Å². The molecular weight excluding hydrogens is 370 g/mol. The number of rotatable bonds is 7. The summed E-state index contributed by atoms with van der Waals surface area (Å²) in [5, 5.41) is 2.63. The van der Waals surface area contributed by atoms with E-state index in [4.69, 9.17) is 5.73 Å². The van der Waals surface area contributed by atoms with Gasteiger partial charge in [-0.1, -0.05) is 30.3 Å². The van der Waals surface area contributed by atoms with Crippen LogP contribution in [0.3, 0.4) is 0 Å². The summed E-state index contributed by atoms with van der Waals surface area (Å²) in [7, 11) is -3.61. The third kappa shape index (κ3) is 5.88. The normalized spacial score (nSPS) is 12.2. The summed E-state index contributed by atoms with van der Waals surface area (Å²) in [6, 6.07) is 12.1. The number of nitrogens with one attached hydrogen (secondary N) is 2. The molecule has 0 saturated carbocycles. The van der Waals surface area contributed by atoms with Gasteiger partial charge in [0.2, 0.25) is 15.9 Å². The Balaban J connectivity index is 0.00000288. The Labute approximate surface area is 151 Å². The van der Waals surface area contributed by atoms with Gasteiger partial charge in [0.15, 0.2) is 0 Å². The van der Waals surface area contributed by atoms with Crippen LogP contribution in [-0.4, -0.2) is 20.9 Å². The number of nitrogens with two attached hydrogens (primary N) is 1. The fourth-order valence-electron chi connectivity index (χ4n) is 1.90. The van der Waals surface area contributed by atoms with E-state index in [-0.39, 0.29) is 29.1 Å². The molecule has 1 aromatic heterocycles. The van der Waals surface area contributed by atoms with Gasteiger partial charge in [-0.05, 0) is 17.7 Å². The second kappa shape index (κ2) is 9.14. The van der Waals surface area contributed by atoms with Gasteiger partial charge in [0.1, 0.15) is 4.21 Å². The highest BCUT2D eigenvalue weighted by Crippen LogP contribution is 2.21. The Kier molecular flexibility index (Phi) is 7.85. The van der Waals surface area contributed by atoms with Gasteiger partial charge in [-0.25, -0.2) is 13.1 Å². The van der Waals surface area contributed by atoms with Gasteiger partial charge in [-0.3, -0.25) is 4.79 Å². The summed E-state index contributed by atoms with van der Waals surface area (Å²) >= 11 is 1.12. The Morgan fingerprint density at radius 1 is 1.21 bits per heavy atom. The summed E-state index contributed by atoms with van der Waals surface area (Å²) in [5.41, 5.74) is 6.86. The van der Waals surface area contributed by atoms with Gasteiger partial charge in [0.05, 0.1) is 6.54 Å². The molecule has 2 rings (SSSR count). The number of thiophene rings is 1. The van der Waals surface area contributed by atoms with Crippen LogP contribution in [0.2, 0.25) is 0 Å². The van der Waals surface area contributed by atoms with Crippen LogP contribution in [-0.2, 0) is 21.4 Å². The van der Waals surface area contributed by atoms with Crippen LogP contribution in [0.4, 0.5) is 0 Å². The number of halogens is 1. The summed E-state index contributed by atoms with van der Waals surface area (Å²) in [5.74, 6) is -0.158. The van der Waals surface area contributed by atoms with Crippen molar-refractivity contribution in [2.75, 3.05) is 6.54 Å². The van der Waals surface area contributed by atoms with E-state index in [1.807, 2.05) is 30.3 Å². The summed E-state index contributed by atoms with van der Waals surface area (Å²) in [6.45, 7) is 1.85. The quantitative estimate of drug-likeness (QED) is 0.671. The first-order valence-electron chi connectivity index (χ1n) is 7.02. The summed E-state index contributed by atoms with van der Waals surface area (Å²) in [4.78, 5) is 11.7. The molecule has 0 radical (unpaired) electrons. The van der Waals surface area contributed by atoms with E-state index in [2.05, 4.69) is 10.0 Å². The third-order valence-electron chi connectivity index (χ3n) is 3.13. The van der Waals surface area contributed by atoms with E-state index in [1.54, 1.807) is 6.07 Å². The lowest BCUT2D eigenvalue weighted by Gasteiger charge is -2.12. The molecule has 6 nitrogen and oxygen atoms in total. The zero-order chi connectivity index (χ0) is 16.9. The van der Waals surface area contributed by atoms with Crippen LogP contribution >= 0.6 is 23.7 Å². The first-order chi connectivity index (χ1) is 10.9. The van der Waals surface area contributed by atoms with Crippen molar-refractivity contribution in [3.63, 3.8) is 0 Å². The Morgan fingerprint density at radius 3 is 2.50 bits per heavy atom. The Bertz CT molecular complexity index is 763. The zero-order valence-corrected chi connectivity index (χ0v) is 15.5. The second-order valence-electron chi connectivity index (χ2n) is 5.00. The molecule has 1 aromatic carbocycles. The number of hydrogen-bond donors (Lipinski definition) is 3. The highest BCUT2D eigenvalue weighted by Gasteiger charge is 2.18. The number of sulfonamides is 1. The van der Waals surface area contributed by atoms with Crippen molar-refractivity contribution < 1.29 is 13.2 Å². The molecule has 1 heterocycles. The van der Waals surface area contributed by atoms with Crippen LogP contribution in [0.15, 0.2) is 46.7 Å². The average molecular weight is 390 g/mol. The van der Waals surface area contributed by atoms with Crippen molar-refractivity contribution >= 4 is 39.7 Å². The van der Waals surface area contributed by atoms with E-state index in [0.29, 0.717) is 6.54 Å². The monoisotopic (exact) mass is 389 g/mol. The van der Waals surface area contributed by atoms with Crippen molar-refractivity contribution in [1.29, 1.82) is 0 Å². The molecule has 0 bridgehead atoms. The molecule has 0 spiro atoms. The highest BCUT2D eigenvalue weighted by atomic mass is 35.5. The van der Waals surface area contributed by atoms with E-state index in [9.17, 15) is 13.2 Å². The SMILES string of the molecule is CC(=O)NCc1ccc(S(=O)(=O)NCC(N)c2ccccc2)s1.Cl. The second-order valence-corrected chi connectivity index (χ2v) is 8.16. The molecule has 1 atom stereocenters. The lowest BCUT2D eigenvalue weighted by molar-refractivity contribution is -0.119. The molecule has 9 heteroatoms. The minimum Gasteiger partial charge on any atom is -0.351 e. The van der Waals surface area contributed by atoms with Crippen molar-refractivity contribution in [1.82, 2.24) is 10.0 Å². The molecule has 132 valence electrons. The van der Waals surface area contributed by atoms with Crippen molar-refractivity contribution in [3.8, 4) is 0 Å². The van der Waals surface area contributed by atoms with Crippen LogP contribution < -0.4 is 15.8 Å². The highest BCUT2D eigenvalue weighted by molar-refractivity contribution is 7.91. The lowest BCUT2D eigenvalue weighted by atomic mass is 10.1. The molecule has 1 amide bonds. The van der Waals surface area contributed by atoms with Gasteiger partial charge < -0.3 is 11.1 Å². The Morgan fingerprint density at radius 2 is 1.88 bits per heavy atom. The van der Waals surface area contributed by atoms with Gasteiger partial charge in [-0.2, -0.15) is 0 Å². The van der Waals surface area contributed by atoms with E-state index in [0.717, 1.165) is 21.8 Å². The lowest BCUT2D eigenvalue weighted by Crippen LogP contribution is -2.31. The maximum atomic E-state index is 12.3. The minimum atomic E-state index is -3.61. The summed E-state index contributed by atoms with van der Waals surface area (Å²) in [6.07, 6.45) is 0. The van der Waals surface area contributed by atoms with Crippen LogP contribution in [0.1, 0.15) is 23.4 Å². The third-order valence-corrected chi connectivity index (χ3v) is 6.14. The van der Waals surface area contributed by atoms with Crippen LogP contribution in [0, 0.1) is 0 Å². The fourth-order valence-corrected chi connectivity index (χ4v) is 4.30. The molecule has 0 aliphatic heterocycles. The van der Waals surface area contributed by atoms with Crippen molar-refractivity contribution in [2.45, 2.75) is 23.7 Å². The fraction of sp³-hybridized carbons (Fsp3) is 0.267. The van der Waals surface area contributed by atoms with E-state index >= 15 is 0 Å². The van der Waals surface area contributed by atoms with Crippen LogP contribution in [0.25, 0.3) is 0 Å². The molecule has 2 aromatic rings. The van der Waals surface area contributed by atoms with Gasteiger partial charge in [-0.15, -0.1) is 23.7 Å². The predicted molar refractivity (Wildman–Crippen MR) is 97.6 cm³/mol.